The largest absolute Gasteiger partial charge is 0.481 e. The fourth-order valence-corrected chi connectivity index (χ4v) is 3.03. The van der Waals surface area contributed by atoms with Crippen LogP contribution in [0.5, 0.6) is 0 Å². The van der Waals surface area contributed by atoms with Gasteiger partial charge in [-0.15, -0.1) is 0 Å². The molecular weight excluding hydrogens is 268 g/mol. The van der Waals surface area contributed by atoms with Crippen molar-refractivity contribution in [2.45, 2.75) is 20.3 Å². The number of carboxylic acid groups (broad SMARTS) is 1. The number of fused-ring (bicyclic) bond motifs is 1. The number of carbonyl (C=O) groups excluding carboxylic acids is 1. The van der Waals surface area contributed by atoms with Crippen molar-refractivity contribution in [1.82, 2.24) is 9.88 Å². The molecule has 1 atom stereocenters. The molecular formula is C16H18N2O3. The van der Waals surface area contributed by atoms with Crippen LogP contribution in [0.2, 0.25) is 0 Å². The fourth-order valence-electron chi connectivity index (χ4n) is 3.03. The lowest BCUT2D eigenvalue weighted by atomic mass is 10.1. The van der Waals surface area contributed by atoms with Gasteiger partial charge in [0.1, 0.15) is 5.69 Å². The Labute approximate surface area is 122 Å². The average molecular weight is 286 g/mol. The molecule has 0 radical (unpaired) electrons. The van der Waals surface area contributed by atoms with Gasteiger partial charge in [0.15, 0.2) is 0 Å². The minimum absolute atomic E-state index is 0.119. The van der Waals surface area contributed by atoms with Gasteiger partial charge in [-0.1, -0.05) is 6.07 Å². The first kappa shape index (κ1) is 13.7. The summed E-state index contributed by atoms with van der Waals surface area (Å²) in [4.78, 5) is 28.2. The molecule has 5 nitrogen and oxygen atoms in total. The zero-order chi connectivity index (χ0) is 15.1. The van der Waals surface area contributed by atoms with Gasteiger partial charge >= 0.3 is 5.97 Å². The van der Waals surface area contributed by atoms with Gasteiger partial charge < -0.3 is 15.0 Å². The van der Waals surface area contributed by atoms with Gasteiger partial charge in [-0.2, -0.15) is 0 Å². The molecule has 1 amide bonds. The Balaban J connectivity index is 1.89. The number of hydrogen-bond acceptors (Lipinski definition) is 2. The van der Waals surface area contributed by atoms with Crippen LogP contribution >= 0.6 is 0 Å². The first-order valence-corrected chi connectivity index (χ1v) is 7.08. The van der Waals surface area contributed by atoms with Crippen LogP contribution in [0.1, 0.15) is 28.0 Å². The van der Waals surface area contributed by atoms with E-state index in [0.29, 0.717) is 25.2 Å². The van der Waals surface area contributed by atoms with Crippen molar-refractivity contribution in [1.29, 1.82) is 0 Å². The Hall–Kier alpha value is -2.30. The van der Waals surface area contributed by atoms with Crippen LogP contribution in [-0.4, -0.2) is 40.0 Å². The van der Waals surface area contributed by atoms with Crippen LogP contribution in [0.15, 0.2) is 18.2 Å². The molecule has 0 bridgehead atoms. The number of H-pyrrole nitrogens is 1. The number of aromatic amines is 1. The monoisotopic (exact) mass is 286 g/mol. The van der Waals surface area contributed by atoms with Crippen LogP contribution < -0.4 is 0 Å². The molecule has 0 spiro atoms. The van der Waals surface area contributed by atoms with Gasteiger partial charge in [0, 0.05) is 24.0 Å². The maximum Gasteiger partial charge on any atom is 0.308 e. The number of aromatic nitrogens is 1. The van der Waals surface area contributed by atoms with E-state index in [2.05, 4.69) is 11.1 Å². The van der Waals surface area contributed by atoms with Crippen molar-refractivity contribution >= 4 is 22.8 Å². The number of likely N-dealkylation sites (tertiary alicyclic amines) is 1. The van der Waals surface area contributed by atoms with E-state index in [1.54, 1.807) is 4.90 Å². The number of aryl methyl sites for hydroxylation is 2. The second-order valence-electron chi connectivity index (χ2n) is 5.80. The lowest BCUT2D eigenvalue weighted by Gasteiger charge is -2.14. The summed E-state index contributed by atoms with van der Waals surface area (Å²) in [7, 11) is 0. The van der Waals surface area contributed by atoms with E-state index in [0.717, 1.165) is 22.0 Å². The second-order valence-corrected chi connectivity index (χ2v) is 5.80. The molecule has 2 heterocycles. The van der Waals surface area contributed by atoms with E-state index < -0.39 is 11.9 Å². The van der Waals surface area contributed by atoms with Crippen LogP contribution in [-0.2, 0) is 4.79 Å². The Bertz CT molecular complexity index is 732. The number of benzene rings is 1. The summed E-state index contributed by atoms with van der Waals surface area (Å²) in [6, 6.07) is 5.96. The second kappa shape index (κ2) is 4.91. The average Bonchev–Trinajstić information content (AvgIpc) is 3.04. The van der Waals surface area contributed by atoms with E-state index in [9.17, 15) is 9.59 Å². The van der Waals surface area contributed by atoms with Gasteiger partial charge in [0.2, 0.25) is 0 Å². The van der Waals surface area contributed by atoms with Gasteiger partial charge in [0.05, 0.1) is 5.92 Å². The lowest BCUT2D eigenvalue weighted by molar-refractivity contribution is -0.141. The van der Waals surface area contributed by atoms with E-state index >= 15 is 0 Å². The van der Waals surface area contributed by atoms with Crippen LogP contribution in [0.4, 0.5) is 0 Å². The third kappa shape index (κ3) is 2.39. The smallest absolute Gasteiger partial charge is 0.308 e. The van der Waals surface area contributed by atoms with Gasteiger partial charge in [-0.3, -0.25) is 9.59 Å². The zero-order valence-corrected chi connectivity index (χ0v) is 12.1. The third-order valence-electron chi connectivity index (χ3n) is 4.14. The first-order chi connectivity index (χ1) is 9.95. The maximum absolute atomic E-state index is 12.5. The van der Waals surface area contributed by atoms with Crippen molar-refractivity contribution in [3.8, 4) is 0 Å². The summed E-state index contributed by atoms with van der Waals surface area (Å²) < 4.78 is 0. The summed E-state index contributed by atoms with van der Waals surface area (Å²) in [5.41, 5.74) is 3.76. The fraction of sp³-hybridized carbons (Fsp3) is 0.375. The Kier molecular flexibility index (Phi) is 3.20. The number of rotatable bonds is 2. The molecule has 3 rings (SSSR count). The number of hydrogen-bond donors (Lipinski definition) is 2. The summed E-state index contributed by atoms with van der Waals surface area (Å²) >= 11 is 0. The van der Waals surface area contributed by atoms with Crippen molar-refractivity contribution < 1.29 is 14.7 Å². The molecule has 1 aromatic heterocycles. The van der Waals surface area contributed by atoms with Gasteiger partial charge in [-0.25, -0.2) is 0 Å². The van der Waals surface area contributed by atoms with Crippen molar-refractivity contribution in [2.75, 3.05) is 13.1 Å². The zero-order valence-electron chi connectivity index (χ0n) is 12.1. The summed E-state index contributed by atoms with van der Waals surface area (Å²) in [6.07, 6.45) is 0.527. The molecule has 1 saturated heterocycles. The predicted molar refractivity (Wildman–Crippen MR) is 79.4 cm³/mol. The highest BCUT2D eigenvalue weighted by Gasteiger charge is 2.31. The molecule has 1 aliphatic heterocycles. The van der Waals surface area contributed by atoms with Crippen molar-refractivity contribution in [2.24, 2.45) is 5.92 Å². The molecule has 21 heavy (non-hydrogen) atoms. The van der Waals surface area contributed by atoms with Gasteiger partial charge in [0.25, 0.3) is 5.91 Å². The van der Waals surface area contributed by atoms with E-state index in [4.69, 9.17) is 5.11 Å². The van der Waals surface area contributed by atoms with Gasteiger partial charge in [-0.05, 0) is 43.5 Å². The first-order valence-electron chi connectivity index (χ1n) is 7.08. The molecule has 1 unspecified atom stereocenters. The maximum atomic E-state index is 12.5. The Morgan fingerprint density at radius 2 is 2.05 bits per heavy atom. The summed E-state index contributed by atoms with van der Waals surface area (Å²) in [5, 5.41) is 10.1. The Morgan fingerprint density at radius 3 is 2.71 bits per heavy atom. The normalized spacial score (nSPS) is 18.4. The number of nitrogens with zero attached hydrogens (tertiary/aromatic N) is 1. The molecule has 1 aromatic carbocycles. The molecule has 2 aromatic rings. The molecule has 1 aliphatic rings. The minimum atomic E-state index is -0.826. The molecule has 2 N–H and O–H groups in total. The number of carbonyl (C=O) groups is 2. The lowest BCUT2D eigenvalue weighted by Crippen LogP contribution is -2.30. The minimum Gasteiger partial charge on any atom is -0.481 e. The number of nitrogens with one attached hydrogen (secondary N) is 1. The summed E-state index contributed by atoms with van der Waals surface area (Å²) in [5.74, 6) is -1.39. The molecule has 0 saturated carbocycles. The standard InChI is InChI=1S/C16H18N2O3/c1-9-5-10(2)12-7-14(17-13(12)6-9)15(19)18-4-3-11(8-18)16(20)21/h5-7,11,17H,3-4,8H2,1-2H3,(H,20,21). The van der Waals surface area contributed by atoms with Crippen LogP contribution in [0, 0.1) is 19.8 Å². The molecule has 1 fully saturated rings. The van der Waals surface area contributed by atoms with E-state index in [-0.39, 0.29) is 5.91 Å². The Morgan fingerprint density at radius 1 is 1.29 bits per heavy atom. The topological polar surface area (TPSA) is 73.4 Å². The van der Waals surface area contributed by atoms with Crippen LogP contribution in [0.25, 0.3) is 10.9 Å². The highest BCUT2D eigenvalue weighted by atomic mass is 16.4. The number of amides is 1. The number of aliphatic carboxylic acids is 1. The van der Waals surface area contributed by atoms with Crippen molar-refractivity contribution in [3.05, 3.63) is 35.0 Å². The van der Waals surface area contributed by atoms with E-state index in [1.807, 2.05) is 26.0 Å². The van der Waals surface area contributed by atoms with Crippen molar-refractivity contribution in [3.63, 3.8) is 0 Å². The highest BCUT2D eigenvalue weighted by Crippen LogP contribution is 2.24. The van der Waals surface area contributed by atoms with E-state index in [1.165, 1.54) is 0 Å². The quantitative estimate of drug-likeness (QED) is 0.890. The van der Waals surface area contributed by atoms with Crippen LogP contribution in [0.3, 0.4) is 0 Å². The predicted octanol–water partition coefficient (Wildman–Crippen LogP) is 2.33. The molecule has 110 valence electrons. The number of carboxylic acids is 1. The summed E-state index contributed by atoms with van der Waals surface area (Å²) in [6.45, 7) is 4.84. The molecule has 0 aliphatic carbocycles. The molecule has 5 heteroatoms. The highest BCUT2D eigenvalue weighted by molar-refractivity contribution is 5.99. The third-order valence-corrected chi connectivity index (χ3v) is 4.14. The SMILES string of the molecule is Cc1cc(C)c2cc(C(=O)N3CCC(C(=O)O)C3)[nH]c2c1.